The van der Waals surface area contributed by atoms with Crippen LogP contribution < -0.4 is 21.2 Å². The van der Waals surface area contributed by atoms with Crippen LogP contribution in [-0.4, -0.2) is 53.6 Å². The maximum absolute atomic E-state index is 13.3. The van der Waals surface area contributed by atoms with Crippen LogP contribution in [-0.2, 0) is 14.8 Å². The van der Waals surface area contributed by atoms with Crippen LogP contribution in [0.15, 0.2) is 32.8 Å². The monoisotopic (exact) mass is 489 g/mol. The van der Waals surface area contributed by atoms with Crippen molar-refractivity contribution in [3.05, 3.63) is 39.0 Å². The zero-order valence-corrected chi connectivity index (χ0v) is 18.7. The van der Waals surface area contributed by atoms with Crippen LogP contribution in [0.4, 0.5) is 0 Å². The molecule has 2 atom stereocenters. The van der Waals surface area contributed by atoms with Crippen LogP contribution in [0, 0.1) is 13.8 Å². The van der Waals surface area contributed by atoms with E-state index >= 15 is 0 Å². The SMILES string of the molecule is C/C=C(\[I-]C)C(=O)N1CC2CCC(C1)N2S(=O)(=O)c1cc(C)cc(C)c1. The number of rotatable bonds is 4. The fourth-order valence-electron chi connectivity index (χ4n) is 4.09. The molecule has 2 bridgehead atoms. The second-order valence-electron chi connectivity index (χ2n) is 7.08. The predicted molar refractivity (Wildman–Crippen MR) is 98.0 cm³/mol. The first-order chi connectivity index (χ1) is 12.3. The molecule has 1 amide bonds. The Hall–Kier alpha value is -0.930. The summed E-state index contributed by atoms with van der Waals surface area (Å²) < 4.78 is 29.2. The van der Waals surface area contributed by atoms with E-state index in [1.165, 1.54) is 0 Å². The molecule has 0 spiro atoms. The van der Waals surface area contributed by atoms with Gasteiger partial charge in [0.2, 0.25) is 0 Å². The molecule has 2 saturated heterocycles. The molecule has 0 aliphatic carbocycles. The van der Waals surface area contributed by atoms with Crippen molar-refractivity contribution in [3.63, 3.8) is 0 Å². The van der Waals surface area contributed by atoms with Crippen molar-refractivity contribution in [2.45, 2.75) is 50.6 Å². The average Bonchev–Trinajstić information content (AvgIpc) is 2.86. The number of nitrogens with zero attached hydrogens (tertiary/aromatic N) is 2. The number of hydrogen-bond donors (Lipinski definition) is 0. The number of hydrogen-bond acceptors (Lipinski definition) is 3. The van der Waals surface area contributed by atoms with E-state index in [-0.39, 0.29) is 39.2 Å². The van der Waals surface area contributed by atoms with Gasteiger partial charge in [-0.3, -0.25) is 0 Å². The number of likely N-dealkylation sites (tertiary alicyclic amines) is 1. The topological polar surface area (TPSA) is 57.7 Å². The molecule has 3 rings (SSSR count). The van der Waals surface area contributed by atoms with Crippen molar-refractivity contribution in [1.29, 1.82) is 0 Å². The van der Waals surface area contributed by atoms with Crippen molar-refractivity contribution >= 4 is 15.9 Å². The standard InChI is InChI=1S/C19H26IN2O3S/c1-5-18(20-4)19(23)21-11-15-6-7-16(12-21)22(15)26(24,25)17-9-13(2)8-14(3)10-17/h5,8-10,15-16H,6-7,11-12H2,1-4H3/q-1/b18-5-. The van der Waals surface area contributed by atoms with E-state index < -0.39 is 10.0 Å². The van der Waals surface area contributed by atoms with Crippen LogP contribution in [0.3, 0.4) is 0 Å². The molecular weight excluding hydrogens is 463 g/mol. The van der Waals surface area contributed by atoms with E-state index in [1.807, 2.05) is 37.8 Å². The summed E-state index contributed by atoms with van der Waals surface area (Å²) in [6.07, 6.45) is 3.56. The second kappa shape index (κ2) is 7.59. The molecule has 0 radical (unpaired) electrons. The Kier molecular flexibility index (Phi) is 5.79. The van der Waals surface area contributed by atoms with Crippen molar-refractivity contribution < 1.29 is 34.4 Å². The van der Waals surface area contributed by atoms with E-state index in [9.17, 15) is 13.2 Å². The number of allylic oxidation sites excluding steroid dienone is 1. The van der Waals surface area contributed by atoms with Crippen molar-refractivity contribution in [3.8, 4) is 0 Å². The molecule has 26 heavy (non-hydrogen) atoms. The van der Waals surface area contributed by atoms with Gasteiger partial charge in [-0.15, -0.1) is 0 Å². The van der Waals surface area contributed by atoms with Crippen LogP contribution >= 0.6 is 0 Å². The van der Waals surface area contributed by atoms with Gasteiger partial charge in [0, 0.05) is 0 Å². The molecule has 2 fully saturated rings. The minimum absolute atomic E-state index is 0.100. The first-order valence-corrected chi connectivity index (χ1v) is 13.5. The number of amides is 1. The van der Waals surface area contributed by atoms with E-state index in [0.717, 1.165) is 27.5 Å². The first-order valence-electron chi connectivity index (χ1n) is 8.84. The van der Waals surface area contributed by atoms with Crippen molar-refractivity contribution in [2.75, 3.05) is 18.0 Å². The fraction of sp³-hybridized carbons (Fsp3) is 0.526. The average molecular weight is 489 g/mol. The van der Waals surface area contributed by atoms with Crippen molar-refractivity contribution in [1.82, 2.24) is 9.21 Å². The molecular formula is C19H26IN2O3S-. The van der Waals surface area contributed by atoms with E-state index in [0.29, 0.717) is 18.0 Å². The molecule has 5 nitrogen and oxygen atoms in total. The van der Waals surface area contributed by atoms with E-state index in [1.54, 1.807) is 16.4 Å². The summed E-state index contributed by atoms with van der Waals surface area (Å²) in [6, 6.07) is 5.25. The number of piperazine rings is 1. The summed E-state index contributed by atoms with van der Waals surface area (Å²) >= 11 is -0.275. The van der Waals surface area contributed by atoms with E-state index in [2.05, 4.69) is 4.93 Å². The first kappa shape index (κ1) is 19.8. The number of sulfonamides is 1. The summed E-state index contributed by atoms with van der Waals surface area (Å²) in [6.45, 7) is 6.75. The van der Waals surface area contributed by atoms with Gasteiger partial charge in [0.25, 0.3) is 0 Å². The molecule has 2 heterocycles. The fourth-order valence-corrected chi connectivity index (χ4v) is 7.56. The molecule has 0 N–H and O–H groups in total. The van der Waals surface area contributed by atoms with Gasteiger partial charge in [-0.25, -0.2) is 0 Å². The zero-order chi connectivity index (χ0) is 19.1. The van der Waals surface area contributed by atoms with Gasteiger partial charge >= 0.3 is 167 Å². The normalized spacial score (nSPS) is 24.3. The number of aryl methyl sites for hydroxylation is 2. The Morgan fingerprint density at radius 2 is 1.65 bits per heavy atom. The Morgan fingerprint density at radius 1 is 1.12 bits per heavy atom. The Bertz CT molecular complexity index is 816. The maximum atomic E-state index is 13.3. The molecule has 1 aromatic carbocycles. The second-order valence-corrected chi connectivity index (χ2v) is 11.2. The number of halogens is 1. The summed E-state index contributed by atoms with van der Waals surface area (Å²) in [5, 5.41) is 0. The van der Waals surface area contributed by atoms with Gasteiger partial charge in [0.1, 0.15) is 0 Å². The van der Waals surface area contributed by atoms with E-state index in [4.69, 9.17) is 0 Å². The third kappa shape index (κ3) is 3.57. The molecule has 2 unspecified atom stereocenters. The summed E-state index contributed by atoms with van der Waals surface area (Å²) in [7, 11) is -3.54. The number of fused-ring (bicyclic) bond motifs is 2. The molecule has 0 saturated carbocycles. The molecule has 2 aliphatic rings. The number of carbonyl (C=O) groups is 1. The summed E-state index contributed by atoms with van der Waals surface area (Å²) in [5.41, 5.74) is 1.91. The van der Waals surface area contributed by atoms with Gasteiger partial charge in [-0.05, 0) is 0 Å². The number of carbonyl (C=O) groups excluding carboxylic acids is 1. The molecule has 7 heteroatoms. The van der Waals surface area contributed by atoms with Crippen LogP contribution in [0.2, 0.25) is 0 Å². The Morgan fingerprint density at radius 3 is 2.12 bits per heavy atom. The van der Waals surface area contributed by atoms with Gasteiger partial charge in [-0.1, -0.05) is 0 Å². The Labute approximate surface area is 166 Å². The van der Waals surface area contributed by atoms with Crippen LogP contribution in [0.5, 0.6) is 0 Å². The van der Waals surface area contributed by atoms with Crippen LogP contribution in [0.1, 0.15) is 30.9 Å². The number of benzene rings is 1. The minimum atomic E-state index is -3.54. The predicted octanol–water partition coefficient (Wildman–Crippen LogP) is -0.710. The zero-order valence-electron chi connectivity index (χ0n) is 15.7. The third-order valence-electron chi connectivity index (χ3n) is 5.13. The molecule has 144 valence electrons. The summed E-state index contributed by atoms with van der Waals surface area (Å²) in [4.78, 5) is 17.0. The molecule has 2 aliphatic heterocycles. The van der Waals surface area contributed by atoms with Crippen LogP contribution in [0.25, 0.3) is 0 Å². The third-order valence-corrected chi connectivity index (χ3v) is 9.36. The number of alkyl halides is 1. The molecule has 0 aromatic heterocycles. The summed E-state index contributed by atoms with van der Waals surface area (Å²) in [5.74, 6) is 0.100. The molecule has 1 aromatic rings. The van der Waals surface area contributed by atoms with Gasteiger partial charge in [-0.2, -0.15) is 0 Å². The van der Waals surface area contributed by atoms with Gasteiger partial charge in [0.15, 0.2) is 0 Å². The van der Waals surface area contributed by atoms with Crippen molar-refractivity contribution in [2.24, 2.45) is 0 Å². The van der Waals surface area contributed by atoms with Gasteiger partial charge < -0.3 is 0 Å². The quantitative estimate of drug-likeness (QED) is 0.319. The Balaban J connectivity index is 1.87. The van der Waals surface area contributed by atoms with Gasteiger partial charge in [0.05, 0.1) is 0 Å².